The maximum absolute atomic E-state index is 6.01. The topological polar surface area (TPSA) is 58.9 Å². The van der Waals surface area contributed by atoms with E-state index in [0.29, 0.717) is 24.2 Å². The molecule has 37 heavy (non-hydrogen) atoms. The molecule has 196 valence electrons. The summed E-state index contributed by atoms with van der Waals surface area (Å²) in [5.74, 6) is 3.46. The lowest BCUT2D eigenvalue weighted by Gasteiger charge is -2.39. The molecule has 0 aromatic heterocycles. The standard InChI is InChI=1S/C30H38N4O3/c1-19-7-9-22(15-20(19)2)34-30-24-17-23(35-5)10-11-26(24)31-18-25(30)29(32-34)21-8-12-27(28(16-21)36-6)37-14-13-33(3)4/h7-12,15-20,24-26,30H,13-14H2,1-6H3. The maximum Gasteiger partial charge on any atom is 0.161 e. The molecular formula is C30H38N4O3. The second-order valence-electron chi connectivity index (χ2n) is 10.5. The van der Waals surface area contributed by atoms with Gasteiger partial charge < -0.3 is 19.1 Å². The molecule has 0 N–H and O–H groups in total. The zero-order chi connectivity index (χ0) is 26.1. The summed E-state index contributed by atoms with van der Waals surface area (Å²) < 4.78 is 17.3. The number of fused-ring (bicyclic) bond motifs is 3. The van der Waals surface area contributed by atoms with E-state index in [1.807, 2.05) is 32.3 Å². The third-order valence-electron chi connectivity index (χ3n) is 7.79. The fourth-order valence-corrected chi connectivity index (χ4v) is 5.39. The molecule has 7 heteroatoms. The van der Waals surface area contributed by atoms with Crippen molar-refractivity contribution in [2.75, 3.05) is 41.5 Å². The van der Waals surface area contributed by atoms with E-state index in [4.69, 9.17) is 24.3 Å². The third kappa shape index (κ3) is 4.97. The van der Waals surface area contributed by atoms with Crippen LogP contribution in [0.25, 0.3) is 0 Å². The number of benzene rings is 1. The van der Waals surface area contributed by atoms with Crippen molar-refractivity contribution < 1.29 is 14.2 Å². The van der Waals surface area contributed by atoms with Crippen LogP contribution in [0.1, 0.15) is 19.4 Å². The Morgan fingerprint density at radius 1 is 0.973 bits per heavy atom. The van der Waals surface area contributed by atoms with Gasteiger partial charge in [-0.05, 0) is 62.4 Å². The van der Waals surface area contributed by atoms with Crippen molar-refractivity contribution in [2.45, 2.75) is 25.9 Å². The Labute approximate surface area is 220 Å². The Kier molecular flexibility index (Phi) is 7.24. The van der Waals surface area contributed by atoms with Crippen LogP contribution in [0, 0.1) is 23.7 Å². The molecule has 2 aliphatic heterocycles. The summed E-state index contributed by atoms with van der Waals surface area (Å²) in [6.07, 6.45) is 15.3. The molecule has 0 saturated carbocycles. The first-order valence-electron chi connectivity index (χ1n) is 13.1. The van der Waals surface area contributed by atoms with Crippen LogP contribution in [-0.4, -0.2) is 75.4 Å². The van der Waals surface area contributed by atoms with Crippen LogP contribution in [0.15, 0.2) is 76.2 Å². The molecule has 0 amide bonds. The molecule has 0 bridgehead atoms. The van der Waals surface area contributed by atoms with Gasteiger partial charge in [0, 0.05) is 24.2 Å². The first kappa shape index (κ1) is 25.3. The highest BCUT2D eigenvalue weighted by molar-refractivity contribution is 6.12. The van der Waals surface area contributed by atoms with E-state index in [1.54, 1.807) is 14.2 Å². The number of nitrogens with zero attached hydrogens (tertiary/aromatic N) is 4. The van der Waals surface area contributed by atoms with Gasteiger partial charge in [0.05, 0.1) is 43.6 Å². The van der Waals surface area contributed by atoms with E-state index in [0.717, 1.165) is 35.0 Å². The van der Waals surface area contributed by atoms with Gasteiger partial charge in [0.2, 0.25) is 0 Å². The molecule has 1 aromatic rings. The van der Waals surface area contributed by atoms with Crippen LogP contribution >= 0.6 is 0 Å². The number of allylic oxidation sites excluding steroid dienone is 4. The summed E-state index contributed by atoms with van der Waals surface area (Å²) in [5, 5.41) is 7.48. The fourth-order valence-electron chi connectivity index (χ4n) is 5.39. The quantitative estimate of drug-likeness (QED) is 0.523. The number of hydrazone groups is 1. The fraction of sp³-hybridized carbons (Fsp3) is 0.467. The van der Waals surface area contributed by atoms with Crippen LogP contribution in [-0.2, 0) is 4.74 Å². The van der Waals surface area contributed by atoms with Crippen LogP contribution in [0.5, 0.6) is 11.5 Å². The minimum absolute atomic E-state index is 0.0382. The number of hydrogen-bond acceptors (Lipinski definition) is 7. The summed E-state index contributed by atoms with van der Waals surface area (Å²) in [5.41, 5.74) is 3.15. The van der Waals surface area contributed by atoms with Gasteiger partial charge in [0.15, 0.2) is 11.5 Å². The van der Waals surface area contributed by atoms with Gasteiger partial charge in [0.25, 0.3) is 0 Å². The van der Waals surface area contributed by atoms with Crippen molar-refractivity contribution in [1.29, 1.82) is 0 Å². The summed E-state index contributed by atoms with van der Waals surface area (Å²) in [6.45, 7) is 5.95. The average molecular weight is 503 g/mol. The van der Waals surface area contributed by atoms with E-state index in [2.05, 4.69) is 66.4 Å². The number of likely N-dealkylation sites (N-methyl/N-ethyl adjacent to an activating group) is 1. The third-order valence-corrected chi connectivity index (χ3v) is 7.79. The highest BCUT2D eigenvalue weighted by Gasteiger charge is 2.47. The van der Waals surface area contributed by atoms with E-state index >= 15 is 0 Å². The van der Waals surface area contributed by atoms with E-state index in [-0.39, 0.29) is 23.9 Å². The molecule has 0 saturated heterocycles. The lowest BCUT2D eigenvalue weighted by atomic mass is 9.76. The molecular weight excluding hydrogens is 464 g/mol. The van der Waals surface area contributed by atoms with Crippen molar-refractivity contribution >= 4 is 11.9 Å². The highest BCUT2D eigenvalue weighted by atomic mass is 16.5. The number of methoxy groups -OCH3 is 2. The highest BCUT2D eigenvalue weighted by Crippen LogP contribution is 2.42. The van der Waals surface area contributed by atoms with Crippen molar-refractivity contribution in [3.05, 3.63) is 71.7 Å². The van der Waals surface area contributed by atoms with Crippen LogP contribution in [0.4, 0.5) is 0 Å². The lowest BCUT2D eigenvalue weighted by molar-refractivity contribution is 0.203. The zero-order valence-electron chi connectivity index (χ0n) is 22.7. The van der Waals surface area contributed by atoms with Gasteiger partial charge >= 0.3 is 0 Å². The number of aliphatic imine (C=N–C) groups is 1. The molecule has 4 aliphatic rings. The van der Waals surface area contributed by atoms with Crippen molar-refractivity contribution in [1.82, 2.24) is 9.91 Å². The number of rotatable bonds is 8. The molecule has 1 aromatic carbocycles. The zero-order valence-corrected chi connectivity index (χ0v) is 22.7. The number of hydrogen-bond donors (Lipinski definition) is 0. The van der Waals surface area contributed by atoms with E-state index < -0.39 is 0 Å². The summed E-state index contributed by atoms with van der Waals surface area (Å²) in [6, 6.07) is 6.29. The van der Waals surface area contributed by atoms with Gasteiger partial charge in [-0.1, -0.05) is 32.1 Å². The molecule has 5 rings (SSSR count). The number of ether oxygens (including phenoxy) is 3. The lowest BCUT2D eigenvalue weighted by Crippen LogP contribution is -2.47. The first-order chi connectivity index (χ1) is 17.9. The van der Waals surface area contributed by atoms with Crippen molar-refractivity contribution in [3.8, 4) is 11.5 Å². The monoisotopic (exact) mass is 502 g/mol. The van der Waals surface area contributed by atoms with Crippen LogP contribution < -0.4 is 9.47 Å². The van der Waals surface area contributed by atoms with Crippen LogP contribution in [0.3, 0.4) is 0 Å². The molecule has 2 aliphatic carbocycles. The summed E-state index contributed by atoms with van der Waals surface area (Å²) in [4.78, 5) is 7.04. The second kappa shape index (κ2) is 10.6. The van der Waals surface area contributed by atoms with Gasteiger partial charge in [-0.25, -0.2) is 0 Å². The Morgan fingerprint density at radius 3 is 2.54 bits per heavy atom. The Morgan fingerprint density at radius 2 is 1.81 bits per heavy atom. The minimum atomic E-state index is 0.0382. The molecule has 7 nitrogen and oxygen atoms in total. The predicted molar refractivity (Wildman–Crippen MR) is 148 cm³/mol. The second-order valence-corrected chi connectivity index (χ2v) is 10.5. The van der Waals surface area contributed by atoms with Gasteiger partial charge in [-0.2, -0.15) is 5.10 Å². The first-order valence-corrected chi connectivity index (χ1v) is 13.1. The Balaban J connectivity index is 1.52. The SMILES string of the molecule is COC1=CC2C(C=C1)N=CC1C(c3ccc(OCCN(C)C)c(OC)c3)=NN(C3=CC(C)C(C)C=C3)C12. The molecule has 6 atom stereocenters. The molecule has 0 radical (unpaired) electrons. The van der Waals surface area contributed by atoms with Crippen molar-refractivity contribution in [2.24, 2.45) is 33.8 Å². The van der Waals surface area contributed by atoms with Gasteiger partial charge in [-0.15, -0.1) is 0 Å². The largest absolute Gasteiger partial charge is 0.497 e. The van der Waals surface area contributed by atoms with E-state index in [1.165, 1.54) is 0 Å². The Bertz CT molecular complexity index is 1200. The average Bonchev–Trinajstić information content (AvgIpc) is 3.30. The van der Waals surface area contributed by atoms with E-state index in [9.17, 15) is 0 Å². The van der Waals surface area contributed by atoms with Crippen LogP contribution in [0.2, 0.25) is 0 Å². The summed E-state index contributed by atoms with van der Waals surface area (Å²) >= 11 is 0. The Hall–Kier alpha value is -3.32. The molecule has 0 fully saturated rings. The van der Waals surface area contributed by atoms with Crippen molar-refractivity contribution in [3.63, 3.8) is 0 Å². The normalized spacial score (nSPS) is 29.9. The van der Waals surface area contributed by atoms with Gasteiger partial charge in [0.1, 0.15) is 12.4 Å². The molecule has 2 heterocycles. The maximum atomic E-state index is 6.01. The van der Waals surface area contributed by atoms with Gasteiger partial charge in [-0.3, -0.25) is 10.0 Å². The molecule has 6 unspecified atom stereocenters. The smallest absolute Gasteiger partial charge is 0.161 e. The predicted octanol–water partition coefficient (Wildman–Crippen LogP) is 4.54. The minimum Gasteiger partial charge on any atom is -0.497 e. The summed E-state index contributed by atoms with van der Waals surface area (Å²) in [7, 11) is 7.47. The molecule has 0 spiro atoms.